The number of aromatic amines is 1. The van der Waals surface area contributed by atoms with Gasteiger partial charge in [0.2, 0.25) is 0 Å². The standard InChI is InChI=1S/C20H22N2O4/c1-11-6-17(24)16(10-21-11)20(25)22-19(14-8-15(23)9-14)13-2-3-18-12(7-13)4-5-26-18/h2-3,6-7,10,14-15,19,23H,4-5,8-9H2,1H3,(H,21,24)(H,22,25)/t14?,15?,19-/m1/s1. The number of carbonyl (C=O) groups excluding carboxylic acids is 1. The van der Waals surface area contributed by atoms with Crippen LogP contribution < -0.4 is 15.5 Å². The van der Waals surface area contributed by atoms with Crippen LogP contribution in [0.3, 0.4) is 0 Å². The quantitative estimate of drug-likeness (QED) is 0.782. The van der Waals surface area contributed by atoms with Crippen LogP contribution >= 0.6 is 0 Å². The molecule has 1 aliphatic carbocycles. The van der Waals surface area contributed by atoms with Crippen LogP contribution in [0.1, 0.15) is 46.1 Å². The van der Waals surface area contributed by atoms with Gasteiger partial charge in [0.1, 0.15) is 11.3 Å². The van der Waals surface area contributed by atoms with Crippen molar-refractivity contribution in [1.29, 1.82) is 0 Å². The highest BCUT2D eigenvalue weighted by Gasteiger charge is 2.36. The first-order chi connectivity index (χ1) is 12.5. The van der Waals surface area contributed by atoms with E-state index >= 15 is 0 Å². The van der Waals surface area contributed by atoms with Gasteiger partial charge in [0, 0.05) is 24.4 Å². The van der Waals surface area contributed by atoms with Gasteiger partial charge in [0.15, 0.2) is 5.43 Å². The number of aryl methyl sites for hydroxylation is 1. The summed E-state index contributed by atoms with van der Waals surface area (Å²) < 4.78 is 5.56. The summed E-state index contributed by atoms with van der Waals surface area (Å²) in [4.78, 5) is 27.7. The summed E-state index contributed by atoms with van der Waals surface area (Å²) in [5.41, 5.74) is 2.64. The third-order valence-electron chi connectivity index (χ3n) is 5.28. The monoisotopic (exact) mass is 354 g/mol. The van der Waals surface area contributed by atoms with Crippen molar-refractivity contribution >= 4 is 5.91 Å². The van der Waals surface area contributed by atoms with E-state index in [4.69, 9.17) is 4.74 Å². The lowest BCUT2D eigenvalue weighted by Crippen LogP contribution is -2.42. The minimum absolute atomic E-state index is 0.102. The number of pyridine rings is 1. The van der Waals surface area contributed by atoms with Crippen LogP contribution in [0.4, 0.5) is 0 Å². The minimum Gasteiger partial charge on any atom is -0.493 e. The van der Waals surface area contributed by atoms with Gasteiger partial charge in [-0.1, -0.05) is 6.07 Å². The number of aromatic nitrogens is 1. The first-order valence-corrected chi connectivity index (χ1v) is 8.95. The molecule has 0 spiro atoms. The number of carbonyl (C=O) groups is 1. The van der Waals surface area contributed by atoms with Crippen molar-refractivity contribution in [2.45, 2.75) is 38.3 Å². The first-order valence-electron chi connectivity index (χ1n) is 8.95. The second kappa shape index (κ2) is 6.61. The molecule has 0 radical (unpaired) electrons. The Hall–Kier alpha value is -2.60. The topological polar surface area (TPSA) is 91.4 Å². The second-order valence-electron chi connectivity index (χ2n) is 7.20. The largest absolute Gasteiger partial charge is 0.493 e. The maximum absolute atomic E-state index is 12.7. The highest BCUT2D eigenvalue weighted by atomic mass is 16.5. The van der Waals surface area contributed by atoms with Crippen LogP contribution in [0.15, 0.2) is 35.3 Å². The molecule has 1 atom stereocenters. The summed E-state index contributed by atoms with van der Waals surface area (Å²) in [6, 6.07) is 7.14. The molecule has 1 aromatic carbocycles. The van der Waals surface area contributed by atoms with E-state index in [1.165, 1.54) is 12.3 Å². The molecule has 136 valence electrons. The third-order valence-corrected chi connectivity index (χ3v) is 5.28. The molecule has 6 nitrogen and oxygen atoms in total. The van der Waals surface area contributed by atoms with Crippen LogP contribution in [0.25, 0.3) is 0 Å². The zero-order valence-corrected chi connectivity index (χ0v) is 14.6. The first kappa shape index (κ1) is 16.8. The lowest BCUT2D eigenvalue weighted by Gasteiger charge is -2.38. The van der Waals surface area contributed by atoms with Crippen LogP contribution in [0, 0.1) is 12.8 Å². The number of amides is 1. The molecular formula is C20H22N2O4. The number of aliphatic hydroxyl groups excluding tert-OH is 1. The van der Waals surface area contributed by atoms with E-state index in [0.29, 0.717) is 25.1 Å². The summed E-state index contributed by atoms with van der Waals surface area (Å²) in [6.45, 7) is 2.45. The van der Waals surface area contributed by atoms with Gasteiger partial charge < -0.3 is 20.1 Å². The SMILES string of the molecule is Cc1cc(=O)c(C(=O)N[C@H](c2ccc3c(c2)CCO3)C2CC(O)C2)c[nH]1. The summed E-state index contributed by atoms with van der Waals surface area (Å²) in [7, 11) is 0. The summed E-state index contributed by atoms with van der Waals surface area (Å²) in [6.07, 6.45) is 3.27. The molecule has 1 amide bonds. The van der Waals surface area contributed by atoms with Gasteiger partial charge in [0.25, 0.3) is 5.91 Å². The smallest absolute Gasteiger partial charge is 0.257 e. The van der Waals surface area contributed by atoms with Crippen LogP contribution in [0.2, 0.25) is 0 Å². The molecule has 2 aliphatic rings. The van der Waals surface area contributed by atoms with E-state index in [1.54, 1.807) is 6.92 Å². The molecule has 0 unspecified atom stereocenters. The number of ether oxygens (including phenoxy) is 1. The fourth-order valence-corrected chi connectivity index (χ4v) is 3.74. The number of hydrogen-bond acceptors (Lipinski definition) is 4. The summed E-state index contributed by atoms with van der Waals surface area (Å²) in [5.74, 6) is 0.649. The van der Waals surface area contributed by atoms with Crippen LogP contribution in [-0.4, -0.2) is 28.7 Å². The predicted molar refractivity (Wildman–Crippen MR) is 96.4 cm³/mol. The minimum atomic E-state index is -0.394. The molecular weight excluding hydrogens is 332 g/mol. The van der Waals surface area contributed by atoms with Gasteiger partial charge in [-0.3, -0.25) is 9.59 Å². The Bertz CT molecular complexity index is 899. The number of rotatable bonds is 4. The fraction of sp³-hybridized carbons (Fsp3) is 0.400. The number of benzene rings is 1. The van der Waals surface area contributed by atoms with Crippen molar-refractivity contribution in [2.75, 3.05) is 6.61 Å². The molecule has 1 fully saturated rings. The highest BCUT2D eigenvalue weighted by molar-refractivity contribution is 5.94. The Morgan fingerprint density at radius 3 is 2.88 bits per heavy atom. The second-order valence-corrected chi connectivity index (χ2v) is 7.20. The van der Waals surface area contributed by atoms with Crippen molar-refractivity contribution < 1.29 is 14.6 Å². The normalized spacial score (nSPS) is 22.1. The van der Waals surface area contributed by atoms with E-state index < -0.39 is 5.91 Å². The molecule has 1 aliphatic heterocycles. The third kappa shape index (κ3) is 3.12. The average molecular weight is 354 g/mol. The van der Waals surface area contributed by atoms with Crippen LogP contribution in [0.5, 0.6) is 5.75 Å². The molecule has 0 bridgehead atoms. The van der Waals surface area contributed by atoms with E-state index in [2.05, 4.69) is 16.4 Å². The zero-order chi connectivity index (χ0) is 18.3. The number of fused-ring (bicyclic) bond motifs is 1. The Balaban J connectivity index is 1.61. The number of nitrogens with one attached hydrogen (secondary N) is 2. The Kier molecular flexibility index (Phi) is 4.28. The van der Waals surface area contributed by atoms with Gasteiger partial charge in [-0.05, 0) is 48.9 Å². The molecule has 0 saturated heterocycles. The summed E-state index contributed by atoms with van der Waals surface area (Å²) >= 11 is 0. The molecule has 26 heavy (non-hydrogen) atoms. The maximum atomic E-state index is 12.7. The Labute approximate surface area is 151 Å². The van der Waals surface area contributed by atoms with Crippen LogP contribution in [-0.2, 0) is 6.42 Å². The molecule has 1 saturated carbocycles. The number of aliphatic hydroxyl groups is 1. The van der Waals surface area contributed by atoms with Gasteiger partial charge in [0.05, 0.1) is 18.8 Å². The molecule has 2 aromatic rings. The lowest BCUT2D eigenvalue weighted by molar-refractivity contribution is 0.0235. The average Bonchev–Trinajstić information content (AvgIpc) is 3.04. The highest BCUT2D eigenvalue weighted by Crippen LogP contribution is 2.39. The lowest BCUT2D eigenvalue weighted by atomic mass is 9.74. The summed E-state index contributed by atoms with van der Waals surface area (Å²) in [5, 5.41) is 12.7. The van der Waals surface area contributed by atoms with Gasteiger partial charge in [-0.15, -0.1) is 0 Å². The van der Waals surface area contributed by atoms with Crippen molar-refractivity contribution in [3.8, 4) is 5.75 Å². The zero-order valence-electron chi connectivity index (χ0n) is 14.6. The van der Waals surface area contributed by atoms with E-state index in [-0.39, 0.29) is 29.1 Å². The number of H-pyrrole nitrogens is 1. The predicted octanol–water partition coefficient (Wildman–Crippen LogP) is 1.86. The number of hydrogen-bond donors (Lipinski definition) is 3. The van der Waals surface area contributed by atoms with Crippen molar-refractivity contribution in [2.24, 2.45) is 5.92 Å². The van der Waals surface area contributed by atoms with Crippen molar-refractivity contribution in [3.63, 3.8) is 0 Å². The van der Waals surface area contributed by atoms with Crippen molar-refractivity contribution in [3.05, 3.63) is 63.1 Å². The molecule has 4 rings (SSSR count). The molecule has 1 aromatic heterocycles. The van der Waals surface area contributed by atoms with E-state index in [9.17, 15) is 14.7 Å². The van der Waals surface area contributed by atoms with Gasteiger partial charge in [-0.2, -0.15) is 0 Å². The fourth-order valence-electron chi connectivity index (χ4n) is 3.74. The van der Waals surface area contributed by atoms with Gasteiger partial charge >= 0.3 is 0 Å². The Morgan fingerprint density at radius 2 is 2.15 bits per heavy atom. The van der Waals surface area contributed by atoms with E-state index in [1.807, 2.05) is 12.1 Å². The molecule has 3 N–H and O–H groups in total. The molecule has 6 heteroatoms. The Morgan fingerprint density at radius 1 is 1.35 bits per heavy atom. The van der Waals surface area contributed by atoms with E-state index in [0.717, 1.165) is 23.3 Å². The van der Waals surface area contributed by atoms with Crippen molar-refractivity contribution in [1.82, 2.24) is 10.3 Å². The molecule has 2 heterocycles. The van der Waals surface area contributed by atoms with Gasteiger partial charge in [-0.25, -0.2) is 0 Å². The maximum Gasteiger partial charge on any atom is 0.257 e.